The van der Waals surface area contributed by atoms with Gasteiger partial charge in [-0.15, -0.1) is 0 Å². The van der Waals surface area contributed by atoms with Crippen molar-refractivity contribution in [2.75, 3.05) is 6.61 Å². The van der Waals surface area contributed by atoms with E-state index in [0.717, 1.165) is 18.4 Å². The predicted molar refractivity (Wildman–Crippen MR) is 55.0 cm³/mol. The van der Waals surface area contributed by atoms with Crippen LogP contribution in [0.2, 0.25) is 10.0 Å². The Labute approximate surface area is 88.3 Å². The van der Waals surface area contributed by atoms with Crippen LogP contribution in [0.25, 0.3) is 0 Å². The average Bonchev–Trinajstić information content (AvgIpc) is 2.09. The van der Waals surface area contributed by atoms with Crippen molar-refractivity contribution in [3.63, 3.8) is 0 Å². The molecule has 0 unspecified atom stereocenters. The minimum atomic E-state index is -0.00872. The Balaban J connectivity index is 2.56. The van der Waals surface area contributed by atoms with Crippen LogP contribution in [0.1, 0.15) is 18.4 Å². The Morgan fingerprint density at radius 1 is 1.15 bits per heavy atom. The summed E-state index contributed by atoms with van der Waals surface area (Å²) >= 11 is 11.7. The van der Waals surface area contributed by atoms with Crippen LogP contribution in [0.5, 0.6) is 0 Å². The first-order chi connectivity index (χ1) is 6.24. The van der Waals surface area contributed by atoms with Crippen molar-refractivity contribution in [1.29, 1.82) is 0 Å². The third-order valence-electron chi connectivity index (χ3n) is 1.86. The van der Waals surface area contributed by atoms with E-state index in [0.29, 0.717) is 16.5 Å². The molecule has 0 amide bonds. The summed E-state index contributed by atoms with van der Waals surface area (Å²) in [6, 6.07) is 5.46. The van der Waals surface area contributed by atoms with Crippen molar-refractivity contribution in [2.24, 2.45) is 0 Å². The van der Waals surface area contributed by atoms with Crippen LogP contribution in [0.4, 0.5) is 0 Å². The zero-order chi connectivity index (χ0) is 9.68. The second-order valence-electron chi connectivity index (χ2n) is 2.90. The summed E-state index contributed by atoms with van der Waals surface area (Å²) in [5.74, 6) is 0. The predicted octanol–water partition coefficient (Wildman–Crippen LogP) is 3.75. The number of rotatable bonds is 4. The molecule has 1 rings (SSSR count). The summed E-state index contributed by atoms with van der Waals surface area (Å²) in [5, 5.41) is 11.5. The van der Waals surface area contributed by atoms with Crippen molar-refractivity contribution >= 4 is 23.2 Å². The first kappa shape index (κ1) is 10.8. The largest absolute Gasteiger partial charge is 0.237 e. The smallest absolute Gasteiger partial charge is 0.0822 e. The van der Waals surface area contributed by atoms with Gasteiger partial charge < -0.3 is 0 Å². The first-order valence-electron chi connectivity index (χ1n) is 4.26. The van der Waals surface area contributed by atoms with Gasteiger partial charge >= 0.3 is 0 Å². The van der Waals surface area contributed by atoms with Gasteiger partial charge in [0, 0.05) is 10.0 Å². The maximum absolute atomic E-state index is 10.2. The molecule has 0 spiro atoms. The maximum atomic E-state index is 10.2. The molecule has 0 aliphatic rings. The third kappa shape index (κ3) is 3.55. The minimum absolute atomic E-state index is 0.00872. The van der Waals surface area contributed by atoms with Gasteiger partial charge in [-0.1, -0.05) is 29.3 Å². The molecule has 0 saturated carbocycles. The molecule has 0 aliphatic carbocycles. The molecule has 71 valence electrons. The molecular formula is C10H11Cl2O. The van der Waals surface area contributed by atoms with Crippen LogP contribution in [0.15, 0.2) is 18.2 Å². The number of unbranched alkanes of at least 4 members (excludes halogenated alkanes) is 1. The van der Waals surface area contributed by atoms with Gasteiger partial charge in [0.1, 0.15) is 0 Å². The fourth-order valence-corrected chi connectivity index (χ4v) is 1.64. The zero-order valence-electron chi connectivity index (χ0n) is 7.22. The fourth-order valence-electron chi connectivity index (χ4n) is 1.14. The molecule has 0 N–H and O–H groups in total. The van der Waals surface area contributed by atoms with Crippen LogP contribution >= 0.6 is 23.2 Å². The van der Waals surface area contributed by atoms with Crippen LogP contribution in [0, 0.1) is 0 Å². The summed E-state index contributed by atoms with van der Waals surface area (Å²) in [7, 11) is 0. The zero-order valence-corrected chi connectivity index (χ0v) is 8.74. The van der Waals surface area contributed by atoms with Gasteiger partial charge in [0.05, 0.1) is 6.61 Å². The first-order valence-corrected chi connectivity index (χ1v) is 5.01. The second-order valence-corrected chi connectivity index (χ2v) is 3.74. The average molecular weight is 218 g/mol. The van der Waals surface area contributed by atoms with E-state index in [4.69, 9.17) is 23.2 Å². The van der Waals surface area contributed by atoms with Crippen molar-refractivity contribution in [1.82, 2.24) is 0 Å². The summed E-state index contributed by atoms with van der Waals surface area (Å²) in [6.07, 6.45) is 2.46. The highest BCUT2D eigenvalue weighted by Crippen LogP contribution is 2.22. The monoisotopic (exact) mass is 217 g/mol. The topological polar surface area (TPSA) is 19.9 Å². The lowest BCUT2D eigenvalue weighted by molar-refractivity contribution is 0.187. The van der Waals surface area contributed by atoms with Gasteiger partial charge in [0.25, 0.3) is 0 Å². The number of hydrogen-bond donors (Lipinski definition) is 0. The normalized spacial score (nSPS) is 10.4. The molecule has 1 aromatic carbocycles. The molecule has 0 saturated heterocycles. The molecule has 0 aliphatic heterocycles. The van der Waals surface area contributed by atoms with Crippen LogP contribution in [-0.4, -0.2) is 6.61 Å². The van der Waals surface area contributed by atoms with Gasteiger partial charge in [-0.2, -0.15) is 0 Å². The van der Waals surface area contributed by atoms with Gasteiger partial charge in [-0.3, -0.25) is 0 Å². The van der Waals surface area contributed by atoms with E-state index < -0.39 is 0 Å². The number of aryl methyl sites for hydroxylation is 1. The van der Waals surface area contributed by atoms with E-state index >= 15 is 0 Å². The lowest BCUT2D eigenvalue weighted by Crippen LogP contribution is -1.88. The summed E-state index contributed by atoms with van der Waals surface area (Å²) in [4.78, 5) is 0. The molecule has 0 fully saturated rings. The van der Waals surface area contributed by atoms with Crippen LogP contribution in [-0.2, 0) is 11.5 Å². The van der Waals surface area contributed by atoms with E-state index in [2.05, 4.69) is 0 Å². The van der Waals surface area contributed by atoms with Gasteiger partial charge in [-0.05, 0) is 37.0 Å². The van der Waals surface area contributed by atoms with E-state index in [9.17, 15) is 5.11 Å². The molecule has 3 heteroatoms. The van der Waals surface area contributed by atoms with Crippen molar-refractivity contribution in [2.45, 2.75) is 19.3 Å². The molecule has 1 radical (unpaired) electrons. The van der Waals surface area contributed by atoms with Crippen molar-refractivity contribution in [3.05, 3.63) is 33.8 Å². The second kappa shape index (κ2) is 5.48. The number of halogens is 2. The standard InChI is InChI=1S/C10H11Cl2O/c11-9-5-4-8(10(12)7-9)3-1-2-6-13/h4-5,7H,1-3,6H2. The minimum Gasteiger partial charge on any atom is -0.237 e. The van der Waals surface area contributed by atoms with Crippen molar-refractivity contribution < 1.29 is 5.11 Å². The van der Waals surface area contributed by atoms with E-state index in [1.807, 2.05) is 12.1 Å². The maximum Gasteiger partial charge on any atom is 0.0822 e. The summed E-state index contributed by atoms with van der Waals surface area (Å²) < 4.78 is 0. The Kier molecular flexibility index (Phi) is 4.57. The molecule has 1 nitrogen and oxygen atoms in total. The number of benzene rings is 1. The van der Waals surface area contributed by atoms with Gasteiger partial charge in [0.15, 0.2) is 0 Å². The quantitative estimate of drug-likeness (QED) is 0.686. The molecule has 0 heterocycles. The van der Waals surface area contributed by atoms with Gasteiger partial charge in [0.2, 0.25) is 0 Å². The molecule has 1 aromatic rings. The molecule has 13 heavy (non-hydrogen) atoms. The Morgan fingerprint density at radius 3 is 2.54 bits per heavy atom. The van der Waals surface area contributed by atoms with Crippen LogP contribution < -0.4 is 0 Å². The highest BCUT2D eigenvalue weighted by atomic mass is 35.5. The van der Waals surface area contributed by atoms with E-state index in [1.165, 1.54) is 0 Å². The van der Waals surface area contributed by atoms with E-state index in [-0.39, 0.29) is 6.61 Å². The lowest BCUT2D eigenvalue weighted by atomic mass is 10.1. The highest BCUT2D eigenvalue weighted by molar-refractivity contribution is 6.35. The molecule has 0 bridgehead atoms. The highest BCUT2D eigenvalue weighted by Gasteiger charge is 2.00. The van der Waals surface area contributed by atoms with Gasteiger partial charge in [-0.25, -0.2) is 5.11 Å². The molecular weight excluding hydrogens is 207 g/mol. The Bertz CT molecular complexity index is 274. The van der Waals surface area contributed by atoms with Crippen molar-refractivity contribution in [3.8, 4) is 0 Å². The number of hydrogen-bond acceptors (Lipinski definition) is 0. The lowest BCUT2D eigenvalue weighted by Gasteiger charge is -2.03. The third-order valence-corrected chi connectivity index (χ3v) is 2.44. The molecule has 0 atom stereocenters. The SMILES string of the molecule is [O]CCCCc1ccc(Cl)cc1Cl. The van der Waals surface area contributed by atoms with E-state index in [1.54, 1.807) is 6.07 Å². The summed E-state index contributed by atoms with van der Waals surface area (Å²) in [6.45, 7) is -0.00872. The fraction of sp³-hybridized carbons (Fsp3) is 0.400. The Hall–Kier alpha value is -0.240. The summed E-state index contributed by atoms with van der Waals surface area (Å²) in [5.41, 5.74) is 1.07. The van der Waals surface area contributed by atoms with Crippen LogP contribution in [0.3, 0.4) is 0 Å². The molecule has 0 aromatic heterocycles. The Morgan fingerprint density at radius 2 is 1.92 bits per heavy atom.